The number of rotatable bonds is 1. The van der Waals surface area contributed by atoms with E-state index in [-0.39, 0.29) is 17.5 Å². The van der Waals surface area contributed by atoms with Crippen LogP contribution in [0.1, 0.15) is 65.7 Å². The zero-order chi connectivity index (χ0) is 17.2. The van der Waals surface area contributed by atoms with Crippen LogP contribution >= 0.6 is 0 Å². The zero-order valence-electron chi connectivity index (χ0n) is 15.6. The van der Waals surface area contributed by atoms with Crippen LogP contribution < -0.4 is 0 Å². The highest BCUT2D eigenvalue weighted by Crippen LogP contribution is 2.74. The minimum atomic E-state index is -0.594. The van der Waals surface area contributed by atoms with Crippen LogP contribution in [0, 0.1) is 34.5 Å². The van der Waals surface area contributed by atoms with E-state index in [0.29, 0.717) is 23.5 Å². The van der Waals surface area contributed by atoms with Gasteiger partial charge in [-0.15, -0.1) is 0 Å². The number of hydrogen-bond donors (Lipinski definition) is 0. The van der Waals surface area contributed by atoms with Gasteiger partial charge in [0.05, 0.1) is 12.2 Å². The van der Waals surface area contributed by atoms with Gasteiger partial charge in [0.25, 0.3) is 0 Å². The van der Waals surface area contributed by atoms with Gasteiger partial charge in [-0.25, -0.2) is 0 Å². The van der Waals surface area contributed by atoms with Crippen LogP contribution in [-0.2, 0) is 19.0 Å². The van der Waals surface area contributed by atoms with E-state index >= 15 is 0 Å². The molecule has 0 unspecified atom stereocenters. The number of esters is 1. The summed E-state index contributed by atoms with van der Waals surface area (Å²) in [5.74, 6) is 2.33. The first kappa shape index (κ1) is 15.4. The van der Waals surface area contributed by atoms with Gasteiger partial charge in [0.1, 0.15) is 6.10 Å². The first-order valence-corrected chi connectivity index (χ1v) is 10.4. The van der Waals surface area contributed by atoms with Crippen molar-refractivity contribution in [2.75, 3.05) is 0 Å². The van der Waals surface area contributed by atoms with Crippen molar-refractivity contribution in [1.82, 2.24) is 0 Å². The monoisotopic (exact) mass is 346 g/mol. The number of carbonyl (C=O) groups excluding carboxylic acids is 1. The highest BCUT2D eigenvalue weighted by Gasteiger charge is 2.80. The Kier molecular flexibility index (Phi) is 2.74. The second-order valence-corrected chi connectivity index (χ2v) is 10.4. The van der Waals surface area contributed by atoms with E-state index in [2.05, 4.69) is 13.8 Å². The highest BCUT2D eigenvalue weighted by atomic mass is 16.8. The molecule has 4 nitrogen and oxygen atoms in total. The molecule has 0 bridgehead atoms. The average Bonchev–Trinajstić information content (AvgIpc) is 3.42. The summed E-state index contributed by atoms with van der Waals surface area (Å²) in [5, 5.41) is 0. The van der Waals surface area contributed by atoms with Gasteiger partial charge < -0.3 is 14.2 Å². The van der Waals surface area contributed by atoms with E-state index in [1.807, 2.05) is 0 Å². The molecule has 4 saturated carbocycles. The third kappa shape index (κ3) is 1.74. The first-order valence-electron chi connectivity index (χ1n) is 10.4. The maximum absolute atomic E-state index is 11.7. The molecule has 138 valence electrons. The number of carbonyl (C=O) groups is 1. The Labute approximate surface area is 150 Å². The zero-order valence-corrected chi connectivity index (χ0v) is 15.6. The summed E-state index contributed by atoms with van der Waals surface area (Å²) in [7, 11) is 0. The fourth-order valence-electron chi connectivity index (χ4n) is 8.24. The molecule has 0 aromatic rings. The average molecular weight is 346 g/mol. The molecular weight excluding hydrogens is 316 g/mol. The number of ether oxygens (including phenoxy) is 3. The van der Waals surface area contributed by atoms with Crippen molar-refractivity contribution in [1.29, 1.82) is 0 Å². The van der Waals surface area contributed by atoms with Crippen molar-refractivity contribution in [3.63, 3.8) is 0 Å². The molecule has 10 atom stereocenters. The SMILES string of the molecule is CC(=O)O[C@]12O[C@@H]1C[C@H]1[C@@H]3CC[C@H]4C[C@@H]5O[C@@H]5C[C@]4(C)[C@H]3CC[C@@]12C. The van der Waals surface area contributed by atoms with Gasteiger partial charge in [-0.1, -0.05) is 13.8 Å². The lowest BCUT2D eigenvalue weighted by Crippen LogP contribution is -2.56. The van der Waals surface area contributed by atoms with Crippen LogP contribution in [0.5, 0.6) is 0 Å². The van der Waals surface area contributed by atoms with Crippen LogP contribution in [0.25, 0.3) is 0 Å². The van der Waals surface area contributed by atoms with E-state index in [4.69, 9.17) is 14.2 Å². The van der Waals surface area contributed by atoms with Gasteiger partial charge in [0.2, 0.25) is 5.79 Å². The Morgan fingerprint density at radius 3 is 2.72 bits per heavy atom. The van der Waals surface area contributed by atoms with Crippen molar-refractivity contribution in [2.45, 2.75) is 89.8 Å². The lowest BCUT2D eigenvalue weighted by atomic mass is 9.45. The highest BCUT2D eigenvalue weighted by molar-refractivity contribution is 5.67. The summed E-state index contributed by atoms with van der Waals surface area (Å²) >= 11 is 0. The van der Waals surface area contributed by atoms with E-state index in [0.717, 1.165) is 30.6 Å². The normalized spacial score (nSPS) is 63.4. The molecule has 4 heteroatoms. The Morgan fingerprint density at radius 1 is 1.08 bits per heavy atom. The van der Waals surface area contributed by atoms with E-state index in [1.54, 1.807) is 0 Å². The van der Waals surface area contributed by atoms with Crippen LogP contribution in [0.4, 0.5) is 0 Å². The minimum Gasteiger partial charge on any atom is -0.430 e. The predicted octanol–water partition coefficient (Wildman–Crippen LogP) is 3.67. The van der Waals surface area contributed by atoms with Gasteiger partial charge in [-0.3, -0.25) is 4.79 Å². The fourth-order valence-corrected chi connectivity index (χ4v) is 8.24. The van der Waals surface area contributed by atoms with Crippen LogP contribution in [-0.4, -0.2) is 30.1 Å². The third-order valence-corrected chi connectivity index (χ3v) is 9.54. The second kappa shape index (κ2) is 4.44. The fraction of sp³-hybridized carbons (Fsp3) is 0.952. The maximum Gasteiger partial charge on any atom is 0.305 e. The number of fused-ring (bicyclic) bond motifs is 8. The lowest BCUT2D eigenvalue weighted by Gasteiger charge is -2.60. The van der Waals surface area contributed by atoms with Crippen molar-refractivity contribution in [2.24, 2.45) is 34.5 Å². The molecule has 0 aromatic carbocycles. The third-order valence-electron chi connectivity index (χ3n) is 9.54. The van der Waals surface area contributed by atoms with E-state index in [9.17, 15) is 4.79 Å². The molecule has 2 heterocycles. The van der Waals surface area contributed by atoms with Crippen LogP contribution in [0.2, 0.25) is 0 Å². The van der Waals surface area contributed by atoms with Gasteiger partial charge in [-0.2, -0.15) is 0 Å². The molecule has 4 aliphatic carbocycles. The summed E-state index contributed by atoms with van der Waals surface area (Å²) in [6.45, 7) is 6.44. The topological polar surface area (TPSA) is 51.4 Å². The molecule has 2 aliphatic heterocycles. The Balaban J connectivity index is 1.32. The Bertz CT molecular complexity index is 648. The molecule has 6 aliphatic rings. The number of hydrogen-bond acceptors (Lipinski definition) is 4. The molecule has 6 fully saturated rings. The molecule has 0 N–H and O–H groups in total. The summed E-state index contributed by atoms with van der Waals surface area (Å²) in [6, 6.07) is 0. The molecule has 0 radical (unpaired) electrons. The van der Waals surface area contributed by atoms with Crippen molar-refractivity contribution in [3.8, 4) is 0 Å². The van der Waals surface area contributed by atoms with Crippen LogP contribution in [0.15, 0.2) is 0 Å². The molecular formula is C21H30O4. The van der Waals surface area contributed by atoms with Crippen molar-refractivity contribution in [3.05, 3.63) is 0 Å². The maximum atomic E-state index is 11.7. The molecule has 25 heavy (non-hydrogen) atoms. The lowest BCUT2D eigenvalue weighted by molar-refractivity contribution is -0.198. The standard InChI is InChI=1S/C21H30O4/c1-11(22)24-21-18(25-21)9-15-13-5-4-12-8-16-17(23-16)10-19(12,2)14(13)6-7-20(15,21)3/h12-18H,4-10H2,1-3H3/t12-,13+,14-,15-,16-,17+,18+,19-,20-,21-/m0/s1. The van der Waals surface area contributed by atoms with Gasteiger partial charge in [0, 0.05) is 12.3 Å². The van der Waals surface area contributed by atoms with Gasteiger partial charge >= 0.3 is 5.97 Å². The predicted molar refractivity (Wildman–Crippen MR) is 90.5 cm³/mol. The quantitative estimate of drug-likeness (QED) is 0.537. The summed E-state index contributed by atoms with van der Waals surface area (Å²) in [6.07, 6.45) is 10.1. The van der Waals surface area contributed by atoms with Crippen LogP contribution in [0.3, 0.4) is 0 Å². The van der Waals surface area contributed by atoms with Crippen molar-refractivity contribution < 1.29 is 19.0 Å². The molecule has 0 spiro atoms. The Hall–Kier alpha value is -0.610. The Morgan fingerprint density at radius 2 is 1.92 bits per heavy atom. The molecule has 6 rings (SSSR count). The second-order valence-electron chi connectivity index (χ2n) is 10.4. The van der Waals surface area contributed by atoms with Gasteiger partial charge in [-0.05, 0) is 74.0 Å². The largest absolute Gasteiger partial charge is 0.430 e. The number of epoxide rings is 2. The van der Waals surface area contributed by atoms with Crippen molar-refractivity contribution >= 4 is 5.97 Å². The molecule has 0 aromatic heterocycles. The van der Waals surface area contributed by atoms with E-state index < -0.39 is 5.79 Å². The molecule has 0 amide bonds. The van der Waals surface area contributed by atoms with Gasteiger partial charge in [0.15, 0.2) is 0 Å². The van der Waals surface area contributed by atoms with E-state index in [1.165, 1.54) is 39.0 Å². The molecule has 2 saturated heterocycles. The summed E-state index contributed by atoms with van der Waals surface area (Å²) in [4.78, 5) is 11.7. The summed E-state index contributed by atoms with van der Waals surface area (Å²) < 4.78 is 17.7. The smallest absolute Gasteiger partial charge is 0.305 e. The summed E-state index contributed by atoms with van der Waals surface area (Å²) in [5.41, 5.74) is 0.477. The minimum absolute atomic E-state index is 0.0149. The first-order chi connectivity index (χ1) is 11.9.